The Kier molecular flexibility index (Phi) is 7.42. The molecule has 1 aliphatic heterocycles. The minimum absolute atomic E-state index is 0. The van der Waals surface area contributed by atoms with Crippen molar-refractivity contribution in [3.8, 4) is 0 Å². The maximum Gasteiger partial charge on any atom is 0.188 e. The van der Waals surface area contributed by atoms with Gasteiger partial charge in [-0.05, 0) is 25.5 Å². The van der Waals surface area contributed by atoms with E-state index in [0.29, 0.717) is 17.3 Å². The summed E-state index contributed by atoms with van der Waals surface area (Å²) >= 11 is 2.00. The second-order valence-electron chi connectivity index (χ2n) is 3.77. The number of nitrogens with zero attached hydrogens (tertiary/aromatic N) is 1. The first-order valence-electron chi connectivity index (χ1n) is 4.95. The molecule has 0 aromatic carbocycles. The van der Waals surface area contributed by atoms with Gasteiger partial charge in [0, 0.05) is 11.3 Å². The van der Waals surface area contributed by atoms with E-state index in [4.69, 9.17) is 5.73 Å². The van der Waals surface area contributed by atoms with Crippen LogP contribution in [-0.2, 0) is 0 Å². The summed E-state index contributed by atoms with van der Waals surface area (Å²) in [5, 5.41) is 2.97. The molecular formula is C10H20IN3S. The van der Waals surface area contributed by atoms with Crippen LogP contribution in [0.5, 0.6) is 0 Å². The molecule has 3 N–H and O–H groups in total. The minimum atomic E-state index is 0. The molecule has 0 aromatic rings. The Bertz CT molecular complexity index is 225. The quantitative estimate of drug-likeness (QED) is 0.356. The first-order chi connectivity index (χ1) is 6.66. The van der Waals surface area contributed by atoms with Crippen molar-refractivity contribution < 1.29 is 0 Å². The molecule has 1 heterocycles. The summed E-state index contributed by atoms with van der Waals surface area (Å²) in [7, 11) is 0. The van der Waals surface area contributed by atoms with Gasteiger partial charge in [-0.2, -0.15) is 11.8 Å². The lowest BCUT2D eigenvalue weighted by atomic mass is 10.1. The van der Waals surface area contributed by atoms with Gasteiger partial charge in [0.2, 0.25) is 0 Å². The van der Waals surface area contributed by atoms with E-state index >= 15 is 0 Å². The van der Waals surface area contributed by atoms with Crippen molar-refractivity contribution in [2.45, 2.75) is 24.5 Å². The Balaban J connectivity index is 0.00000196. The van der Waals surface area contributed by atoms with Crippen molar-refractivity contribution in [3.63, 3.8) is 0 Å². The third kappa shape index (κ3) is 5.65. The molecule has 0 bridgehead atoms. The van der Waals surface area contributed by atoms with E-state index in [2.05, 4.69) is 23.8 Å². The number of aliphatic imine (C=N–C) groups is 1. The van der Waals surface area contributed by atoms with Gasteiger partial charge in [0.15, 0.2) is 5.96 Å². The summed E-state index contributed by atoms with van der Waals surface area (Å²) in [5.41, 5.74) is 5.68. The lowest BCUT2D eigenvalue weighted by Crippen LogP contribution is -2.33. The SMILES string of the molecule is C=CCNC(N)=NCC1(C)CCCS1.I. The predicted octanol–water partition coefficient (Wildman–Crippen LogP) is 1.98. The molecule has 1 unspecified atom stereocenters. The normalized spacial score (nSPS) is 25.8. The molecule has 0 aliphatic carbocycles. The van der Waals surface area contributed by atoms with Crippen LogP contribution in [0, 0.1) is 0 Å². The van der Waals surface area contributed by atoms with Gasteiger partial charge in [0.25, 0.3) is 0 Å². The van der Waals surface area contributed by atoms with Crippen LogP contribution in [0.4, 0.5) is 0 Å². The summed E-state index contributed by atoms with van der Waals surface area (Å²) in [6, 6.07) is 0. The number of nitrogens with one attached hydrogen (secondary N) is 1. The molecule has 1 fully saturated rings. The second-order valence-corrected chi connectivity index (χ2v) is 5.46. The lowest BCUT2D eigenvalue weighted by Gasteiger charge is -2.19. The van der Waals surface area contributed by atoms with Crippen LogP contribution in [-0.4, -0.2) is 29.5 Å². The Labute approximate surface area is 113 Å². The number of nitrogens with two attached hydrogens (primary N) is 1. The first-order valence-corrected chi connectivity index (χ1v) is 5.93. The van der Waals surface area contributed by atoms with Gasteiger partial charge < -0.3 is 11.1 Å². The van der Waals surface area contributed by atoms with E-state index in [1.54, 1.807) is 6.08 Å². The zero-order chi connectivity index (χ0) is 10.4. The molecule has 1 aliphatic rings. The zero-order valence-electron chi connectivity index (χ0n) is 9.16. The molecule has 0 amide bonds. The molecule has 0 saturated carbocycles. The van der Waals surface area contributed by atoms with Crippen LogP contribution in [0.2, 0.25) is 0 Å². The summed E-state index contributed by atoms with van der Waals surface area (Å²) in [4.78, 5) is 4.33. The molecule has 1 saturated heterocycles. The molecule has 0 radical (unpaired) electrons. The average molecular weight is 341 g/mol. The highest BCUT2D eigenvalue weighted by Crippen LogP contribution is 2.37. The molecule has 0 aromatic heterocycles. The van der Waals surface area contributed by atoms with E-state index in [0.717, 1.165) is 6.54 Å². The Morgan fingerprint density at radius 2 is 2.47 bits per heavy atom. The fraction of sp³-hybridized carbons (Fsp3) is 0.700. The van der Waals surface area contributed by atoms with Crippen LogP contribution in [0.15, 0.2) is 17.6 Å². The number of halogens is 1. The average Bonchev–Trinajstić information content (AvgIpc) is 2.60. The molecular weight excluding hydrogens is 321 g/mol. The smallest absolute Gasteiger partial charge is 0.188 e. The van der Waals surface area contributed by atoms with E-state index in [-0.39, 0.29) is 24.0 Å². The van der Waals surface area contributed by atoms with Crippen molar-refractivity contribution in [2.75, 3.05) is 18.8 Å². The van der Waals surface area contributed by atoms with Crippen molar-refractivity contribution in [2.24, 2.45) is 10.7 Å². The second kappa shape index (κ2) is 7.38. The van der Waals surface area contributed by atoms with Gasteiger partial charge in [0.1, 0.15) is 0 Å². The van der Waals surface area contributed by atoms with Crippen molar-refractivity contribution in [3.05, 3.63) is 12.7 Å². The van der Waals surface area contributed by atoms with E-state index in [1.165, 1.54) is 18.6 Å². The third-order valence-corrected chi connectivity index (χ3v) is 3.83. The Morgan fingerprint density at radius 1 is 1.73 bits per heavy atom. The molecule has 15 heavy (non-hydrogen) atoms. The maximum atomic E-state index is 5.68. The molecule has 5 heteroatoms. The highest BCUT2D eigenvalue weighted by atomic mass is 127. The highest BCUT2D eigenvalue weighted by Gasteiger charge is 2.28. The van der Waals surface area contributed by atoms with Gasteiger partial charge in [0.05, 0.1) is 6.54 Å². The molecule has 1 rings (SSSR count). The highest BCUT2D eigenvalue weighted by molar-refractivity contribution is 14.0. The van der Waals surface area contributed by atoms with Crippen LogP contribution < -0.4 is 11.1 Å². The van der Waals surface area contributed by atoms with Crippen molar-refractivity contribution in [1.82, 2.24) is 5.32 Å². The monoisotopic (exact) mass is 341 g/mol. The molecule has 88 valence electrons. The molecule has 1 atom stereocenters. The maximum absolute atomic E-state index is 5.68. The predicted molar refractivity (Wildman–Crippen MR) is 80.2 cm³/mol. The van der Waals surface area contributed by atoms with Crippen molar-refractivity contribution >= 4 is 41.7 Å². The van der Waals surface area contributed by atoms with Crippen LogP contribution in [0.3, 0.4) is 0 Å². The standard InChI is InChI=1S/C10H19N3S.HI/c1-3-6-12-9(11)13-8-10(2)5-4-7-14-10;/h3H,1,4-8H2,2H3,(H3,11,12,13);1H. The van der Waals surface area contributed by atoms with Gasteiger partial charge in [-0.1, -0.05) is 6.08 Å². The first kappa shape index (κ1) is 15.1. The van der Waals surface area contributed by atoms with Crippen LogP contribution >= 0.6 is 35.7 Å². The van der Waals surface area contributed by atoms with Gasteiger partial charge in [-0.25, -0.2) is 0 Å². The lowest BCUT2D eigenvalue weighted by molar-refractivity contribution is 0.617. The third-order valence-electron chi connectivity index (χ3n) is 2.31. The minimum Gasteiger partial charge on any atom is -0.370 e. The Morgan fingerprint density at radius 3 is 3.00 bits per heavy atom. The van der Waals surface area contributed by atoms with Gasteiger partial charge >= 0.3 is 0 Å². The summed E-state index contributed by atoms with van der Waals surface area (Å²) in [6.07, 6.45) is 4.32. The van der Waals surface area contributed by atoms with Crippen LogP contribution in [0.1, 0.15) is 19.8 Å². The number of hydrogen-bond donors (Lipinski definition) is 2. The largest absolute Gasteiger partial charge is 0.370 e. The van der Waals surface area contributed by atoms with E-state index in [1.807, 2.05) is 11.8 Å². The molecule has 3 nitrogen and oxygen atoms in total. The summed E-state index contributed by atoms with van der Waals surface area (Å²) in [6.45, 7) is 7.36. The zero-order valence-corrected chi connectivity index (χ0v) is 12.3. The summed E-state index contributed by atoms with van der Waals surface area (Å²) < 4.78 is 0.306. The summed E-state index contributed by atoms with van der Waals surface area (Å²) in [5.74, 6) is 1.78. The molecule has 0 spiro atoms. The topological polar surface area (TPSA) is 50.4 Å². The Hall–Kier alpha value is 0.0900. The van der Waals surface area contributed by atoms with Crippen LogP contribution in [0.25, 0.3) is 0 Å². The number of rotatable bonds is 4. The fourth-order valence-corrected chi connectivity index (χ4v) is 2.67. The van der Waals surface area contributed by atoms with Crippen molar-refractivity contribution in [1.29, 1.82) is 0 Å². The number of hydrogen-bond acceptors (Lipinski definition) is 2. The van der Waals surface area contributed by atoms with Gasteiger partial charge in [-0.3, -0.25) is 4.99 Å². The number of guanidine groups is 1. The van der Waals surface area contributed by atoms with Gasteiger partial charge in [-0.15, -0.1) is 30.6 Å². The van der Waals surface area contributed by atoms with E-state index < -0.39 is 0 Å². The van der Waals surface area contributed by atoms with E-state index in [9.17, 15) is 0 Å². The number of thioether (sulfide) groups is 1. The fourth-order valence-electron chi connectivity index (χ4n) is 1.45.